The van der Waals surface area contributed by atoms with E-state index < -0.39 is 5.41 Å². The molecule has 7 heteroatoms. The van der Waals surface area contributed by atoms with Crippen molar-refractivity contribution < 1.29 is 14.3 Å². The highest BCUT2D eigenvalue weighted by atomic mass is 32.2. The van der Waals surface area contributed by atoms with Crippen molar-refractivity contribution in [2.45, 2.75) is 71.9 Å². The van der Waals surface area contributed by atoms with Crippen LogP contribution in [0, 0.1) is 5.41 Å². The molecule has 170 valence electrons. The highest BCUT2D eigenvalue weighted by molar-refractivity contribution is 7.99. The van der Waals surface area contributed by atoms with Crippen molar-refractivity contribution in [2.24, 2.45) is 5.41 Å². The highest BCUT2D eigenvalue weighted by Crippen LogP contribution is 2.30. The minimum atomic E-state index is -0.455. The molecule has 0 fully saturated rings. The molecular weight excluding hydrogens is 410 g/mol. The molecule has 1 amide bonds. The van der Waals surface area contributed by atoms with Crippen LogP contribution in [0.5, 0.6) is 0 Å². The van der Waals surface area contributed by atoms with E-state index in [1.165, 1.54) is 0 Å². The molecule has 0 aliphatic rings. The number of benzene rings is 1. The van der Waals surface area contributed by atoms with Crippen LogP contribution in [0.1, 0.15) is 65.2 Å². The van der Waals surface area contributed by atoms with Crippen LogP contribution in [0.2, 0.25) is 0 Å². The Bertz CT molecular complexity index is 908. The Kier molecular flexibility index (Phi) is 8.34. The van der Waals surface area contributed by atoms with Crippen molar-refractivity contribution >= 4 is 29.3 Å². The molecule has 1 aromatic heterocycles. The van der Waals surface area contributed by atoms with Gasteiger partial charge in [-0.25, -0.2) is 0 Å². The zero-order chi connectivity index (χ0) is 23.2. The van der Waals surface area contributed by atoms with Crippen LogP contribution in [-0.4, -0.2) is 33.0 Å². The summed E-state index contributed by atoms with van der Waals surface area (Å²) in [4.78, 5) is 24.1. The van der Waals surface area contributed by atoms with E-state index in [0.717, 1.165) is 28.1 Å². The fourth-order valence-electron chi connectivity index (χ4n) is 2.74. The zero-order valence-electron chi connectivity index (χ0n) is 19.7. The van der Waals surface area contributed by atoms with Gasteiger partial charge in [-0.3, -0.25) is 14.3 Å². The second-order valence-electron chi connectivity index (χ2n) is 9.62. The Labute approximate surface area is 190 Å². The lowest BCUT2D eigenvalue weighted by atomic mass is 9.95. The van der Waals surface area contributed by atoms with Crippen molar-refractivity contribution in [3.63, 3.8) is 0 Å². The minimum Gasteiger partial charge on any atom is -0.466 e. The molecule has 1 N–H and O–H groups in total. The summed E-state index contributed by atoms with van der Waals surface area (Å²) in [6.07, 6.45) is 3.81. The normalized spacial score (nSPS) is 12.0. The summed E-state index contributed by atoms with van der Waals surface area (Å²) in [5.41, 5.74) is 3.48. The van der Waals surface area contributed by atoms with Crippen LogP contribution in [-0.2, 0) is 33.0 Å². The molecule has 0 saturated heterocycles. The topological polar surface area (TPSA) is 73.2 Å². The summed E-state index contributed by atoms with van der Waals surface area (Å²) in [6.45, 7) is 15.0. The van der Waals surface area contributed by atoms with E-state index >= 15 is 0 Å². The number of carbonyl (C=O) groups is 2. The SMILES string of the molecule is CCOC(=O)Cc1cnn(Cc2ccc(NC(=O)C(C)(C)C)cc2CSC(C)(C)C)c1. The number of amides is 1. The molecule has 0 aliphatic carbocycles. The first-order chi connectivity index (χ1) is 14.4. The van der Waals surface area contributed by atoms with Gasteiger partial charge in [0, 0.05) is 33.4 Å². The Morgan fingerprint density at radius 3 is 2.45 bits per heavy atom. The number of hydrogen-bond donors (Lipinski definition) is 1. The van der Waals surface area contributed by atoms with Crippen molar-refractivity contribution in [1.29, 1.82) is 0 Å². The van der Waals surface area contributed by atoms with Crippen LogP contribution in [0.15, 0.2) is 30.6 Å². The maximum Gasteiger partial charge on any atom is 0.310 e. The van der Waals surface area contributed by atoms with Gasteiger partial charge in [0.05, 0.1) is 25.8 Å². The molecule has 6 nitrogen and oxygen atoms in total. The number of hydrogen-bond acceptors (Lipinski definition) is 5. The van der Waals surface area contributed by atoms with E-state index in [1.54, 1.807) is 13.1 Å². The monoisotopic (exact) mass is 445 g/mol. The second-order valence-corrected chi connectivity index (χ2v) is 11.4. The summed E-state index contributed by atoms with van der Waals surface area (Å²) in [5.74, 6) is 0.572. The van der Waals surface area contributed by atoms with Gasteiger partial charge in [-0.1, -0.05) is 47.6 Å². The molecule has 31 heavy (non-hydrogen) atoms. The fourth-order valence-corrected chi connectivity index (χ4v) is 3.60. The van der Waals surface area contributed by atoms with Crippen LogP contribution in [0.4, 0.5) is 5.69 Å². The van der Waals surface area contributed by atoms with Crippen LogP contribution >= 0.6 is 11.8 Å². The first-order valence-electron chi connectivity index (χ1n) is 10.6. The molecular formula is C24H35N3O3S. The number of anilines is 1. The maximum absolute atomic E-state index is 12.4. The molecule has 1 heterocycles. The standard InChI is InChI=1S/C24H35N3O3S/c1-8-30-21(28)11-17-13-25-27(14-17)15-18-9-10-20(26-22(29)23(2,3)4)12-19(18)16-31-24(5,6)7/h9-10,12-14H,8,11,15-16H2,1-7H3,(H,26,29). The Balaban J connectivity index is 2.21. The van der Waals surface area contributed by atoms with Gasteiger partial charge < -0.3 is 10.1 Å². The van der Waals surface area contributed by atoms with E-state index in [4.69, 9.17) is 4.74 Å². The smallest absolute Gasteiger partial charge is 0.310 e. The molecule has 0 unspecified atom stereocenters. The quantitative estimate of drug-likeness (QED) is 0.576. The van der Waals surface area contributed by atoms with Gasteiger partial charge in [-0.2, -0.15) is 16.9 Å². The molecule has 0 radical (unpaired) electrons. The molecule has 2 aromatic rings. The van der Waals surface area contributed by atoms with Crippen LogP contribution in [0.25, 0.3) is 0 Å². The molecule has 1 aromatic carbocycles. The Morgan fingerprint density at radius 2 is 1.84 bits per heavy atom. The zero-order valence-corrected chi connectivity index (χ0v) is 20.6. The number of aromatic nitrogens is 2. The number of carbonyl (C=O) groups excluding carboxylic acids is 2. The predicted octanol–water partition coefficient (Wildman–Crippen LogP) is 5.05. The highest BCUT2D eigenvalue weighted by Gasteiger charge is 2.22. The van der Waals surface area contributed by atoms with Crippen LogP contribution in [0.3, 0.4) is 0 Å². The molecule has 0 aliphatic heterocycles. The summed E-state index contributed by atoms with van der Waals surface area (Å²) in [7, 11) is 0. The van der Waals surface area contributed by atoms with Crippen LogP contribution < -0.4 is 5.32 Å². The Morgan fingerprint density at radius 1 is 1.13 bits per heavy atom. The summed E-state index contributed by atoms with van der Waals surface area (Å²) < 4.78 is 6.97. The number of esters is 1. The molecule has 0 saturated carbocycles. The van der Waals surface area contributed by atoms with E-state index in [-0.39, 0.29) is 23.0 Å². The summed E-state index contributed by atoms with van der Waals surface area (Å²) in [5, 5.41) is 7.44. The fraction of sp³-hybridized carbons (Fsp3) is 0.542. The molecule has 0 atom stereocenters. The summed E-state index contributed by atoms with van der Waals surface area (Å²) >= 11 is 1.86. The molecule has 0 bridgehead atoms. The van der Waals surface area contributed by atoms with E-state index in [1.807, 2.05) is 55.5 Å². The van der Waals surface area contributed by atoms with Crippen molar-refractivity contribution in [3.05, 3.63) is 47.3 Å². The lowest BCUT2D eigenvalue weighted by Gasteiger charge is -2.21. The van der Waals surface area contributed by atoms with Gasteiger partial charge in [0.1, 0.15) is 0 Å². The maximum atomic E-state index is 12.4. The third-order valence-corrected chi connectivity index (χ3v) is 5.80. The van der Waals surface area contributed by atoms with Crippen molar-refractivity contribution in [2.75, 3.05) is 11.9 Å². The van der Waals surface area contributed by atoms with Gasteiger partial charge in [0.15, 0.2) is 0 Å². The van der Waals surface area contributed by atoms with E-state index in [9.17, 15) is 9.59 Å². The number of nitrogens with zero attached hydrogens (tertiary/aromatic N) is 2. The van der Waals surface area contributed by atoms with Gasteiger partial charge in [0.2, 0.25) is 5.91 Å². The van der Waals surface area contributed by atoms with E-state index in [2.05, 4.69) is 37.3 Å². The van der Waals surface area contributed by atoms with Gasteiger partial charge in [-0.05, 0) is 30.2 Å². The largest absolute Gasteiger partial charge is 0.466 e. The average Bonchev–Trinajstić information content (AvgIpc) is 3.07. The minimum absolute atomic E-state index is 0.00893. The second kappa shape index (κ2) is 10.4. The Hall–Kier alpha value is -2.28. The predicted molar refractivity (Wildman–Crippen MR) is 127 cm³/mol. The van der Waals surface area contributed by atoms with Gasteiger partial charge >= 0.3 is 5.97 Å². The molecule has 0 spiro atoms. The first-order valence-corrected chi connectivity index (χ1v) is 11.6. The molecule has 2 rings (SSSR count). The van der Waals surface area contributed by atoms with Gasteiger partial charge in [-0.15, -0.1) is 0 Å². The lowest BCUT2D eigenvalue weighted by Crippen LogP contribution is -2.27. The van der Waals surface area contributed by atoms with Crippen molar-refractivity contribution in [1.82, 2.24) is 9.78 Å². The summed E-state index contributed by atoms with van der Waals surface area (Å²) in [6, 6.07) is 6.04. The third-order valence-electron chi connectivity index (χ3n) is 4.48. The number of thioether (sulfide) groups is 1. The number of ether oxygens (including phenoxy) is 1. The third kappa shape index (κ3) is 8.40. The lowest BCUT2D eigenvalue weighted by molar-refractivity contribution is -0.142. The average molecular weight is 446 g/mol. The first kappa shape index (κ1) is 25.0. The number of nitrogens with one attached hydrogen (secondary N) is 1. The van der Waals surface area contributed by atoms with Crippen molar-refractivity contribution in [3.8, 4) is 0 Å². The number of rotatable bonds is 8. The van der Waals surface area contributed by atoms with Gasteiger partial charge in [0.25, 0.3) is 0 Å². The van der Waals surface area contributed by atoms with E-state index in [0.29, 0.717) is 13.2 Å².